The molecule has 1 aliphatic carbocycles. The van der Waals surface area contributed by atoms with Crippen LogP contribution >= 0.6 is 0 Å². The van der Waals surface area contributed by atoms with Gasteiger partial charge in [0.05, 0.1) is 0 Å². The summed E-state index contributed by atoms with van der Waals surface area (Å²) in [5, 5.41) is 25.9. The highest BCUT2D eigenvalue weighted by Crippen LogP contribution is 2.36. The van der Waals surface area contributed by atoms with E-state index in [9.17, 15) is 14.7 Å². The quantitative estimate of drug-likeness (QED) is 0.394. The van der Waals surface area contributed by atoms with Gasteiger partial charge in [0.25, 0.3) is 0 Å². The molecule has 1 aliphatic rings. The summed E-state index contributed by atoms with van der Waals surface area (Å²) in [5.74, 6) is 6.07. The SMILES string of the molecule is CO.Cc1ccccc1C#CC(O)CC[C@H]1CCC(=O)[C@@H]1CCCCCCC(=O)O. The number of carboxylic acid groups (broad SMARTS) is 1. The van der Waals surface area contributed by atoms with E-state index in [1.807, 2.05) is 31.2 Å². The molecule has 0 bridgehead atoms. The van der Waals surface area contributed by atoms with Gasteiger partial charge >= 0.3 is 5.97 Å². The first kappa shape index (κ1) is 25.9. The van der Waals surface area contributed by atoms with Crippen LogP contribution in [0.3, 0.4) is 0 Å². The molecule has 1 unspecified atom stereocenters. The minimum absolute atomic E-state index is 0.107. The van der Waals surface area contributed by atoms with Gasteiger partial charge in [-0.05, 0) is 56.6 Å². The molecule has 166 valence electrons. The van der Waals surface area contributed by atoms with E-state index in [0.717, 1.165) is 56.8 Å². The lowest BCUT2D eigenvalue weighted by atomic mass is 9.86. The molecule has 1 aromatic rings. The normalized spacial score (nSPS) is 18.7. The number of ketones is 1. The fourth-order valence-corrected chi connectivity index (χ4v) is 4.03. The van der Waals surface area contributed by atoms with Crippen LogP contribution in [0.4, 0.5) is 0 Å². The highest BCUT2D eigenvalue weighted by molar-refractivity contribution is 5.83. The van der Waals surface area contributed by atoms with E-state index in [1.54, 1.807) is 0 Å². The predicted octanol–water partition coefficient (Wildman–Crippen LogP) is 4.12. The molecule has 5 heteroatoms. The van der Waals surface area contributed by atoms with Crippen molar-refractivity contribution in [2.24, 2.45) is 11.8 Å². The van der Waals surface area contributed by atoms with Crippen molar-refractivity contribution in [3.8, 4) is 11.8 Å². The lowest BCUT2D eigenvalue weighted by Gasteiger charge is -2.18. The summed E-state index contributed by atoms with van der Waals surface area (Å²) in [6.07, 6.45) is 7.04. The van der Waals surface area contributed by atoms with Crippen LogP contribution in [0.2, 0.25) is 0 Å². The second kappa shape index (κ2) is 14.8. The zero-order chi connectivity index (χ0) is 22.4. The highest BCUT2D eigenvalue weighted by atomic mass is 16.4. The Bertz CT molecular complexity index is 716. The van der Waals surface area contributed by atoms with Crippen molar-refractivity contribution in [1.29, 1.82) is 0 Å². The molecule has 0 heterocycles. The van der Waals surface area contributed by atoms with Gasteiger partial charge < -0.3 is 15.3 Å². The largest absolute Gasteiger partial charge is 0.481 e. The van der Waals surface area contributed by atoms with Gasteiger partial charge in [0.2, 0.25) is 0 Å². The molecule has 2 rings (SSSR count). The summed E-state index contributed by atoms with van der Waals surface area (Å²) in [7, 11) is 1.00. The molecule has 5 nitrogen and oxygen atoms in total. The molecule has 1 saturated carbocycles. The Morgan fingerprint density at radius 3 is 2.53 bits per heavy atom. The number of carbonyl (C=O) groups excluding carboxylic acids is 1. The van der Waals surface area contributed by atoms with E-state index in [1.165, 1.54) is 0 Å². The smallest absolute Gasteiger partial charge is 0.303 e. The van der Waals surface area contributed by atoms with Crippen molar-refractivity contribution < 1.29 is 24.9 Å². The number of aryl methyl sites for hydroxylation is 1. The topological polar surface area (TPSA) is 94.8 Å². The molecule has 1 aromatic carbocycles. The lowest BCUT2D eigenvalue weighted by Crippen LogP contribution is -2.17. The van der Waals surface area contributed by atoms with E-state index in [-0.39, 0.29) is 12.3 Å². The number of hydrogen-bond acceptors (Lipinski definition) is 4. The first-order valence-corrected chi connectivity index (χ1v) is 10.9. The number of aliphatic carboxylic acids is 1. The summed E-state index contributed by atoms with van der Waals surface area (Å²) >= 11 is 0. The second-order valence-electron chi connectivity index (χ2n) is 7.90. The van der Waals surface area contributed by atoms with E-state index in [4.69, 9.17) is 10.2 Å². The predicted molar refractivity (Wildman–Crippen MR) is 118 cm³/mol. The van der Waals surface area contributed by atoms with Crippen LogP contribution in [-0.4, -0.2) is 40.3 Å². The molecule has 0 radical (unpaired) electrons. The summed E-state index contributed by atoms with van der Waals surface area (Å²) in [4.78, 5) is 22.7. The first-order chi connectivity index (χ1) is 14.5. The van der Waals surface area contributed by atoms with Gasteiger partial charge in [0.1, 0.15) is 11.9 Å². The van der Waals surface area contributed by atoms with E-state index in [2.05, 4.69) is 11.8 Å². The monoisotopic (exact) mass is 416 g/mol. The summed E-state index contributed by atoms with van der Waals surface area (Å²) < 4.78 is 0. The lowest BCUT2D eigenvalue weighted by molar-refractivity contribution is -0.137. The molecule has 0 saturated heterocycles. The Balaban J connectivity index is 0.00000218. The van der Waals surface area contributed by atoms with Gasteiger partial charge in [-0.1, -0.05) is 49.3 Å². The fraction of sp³-hybridized carbons (Fsp3) is 0.600. The van der Waals surface area contributed by atoms with Gasteiger partial charge in [-0.15, -0.1) is 0 Å². The van der Waals surface area contributed by atoms with Gasteiger partial charge in [0.15, 0.2) is 0 Å². The minimum atomic E-state index is -0.741. The van der Waals surface area contributed by atoms with E-state index >= 15 is 0 Å². The Kier molecular flexibility index (Phi) is 12.7. The fourth-order valence-electron chi connectivity index (χ4n) is 4.03. The molecule has 30 heavy (non-hydrogen) atoms. The van der Waals surface area contributed by atoms with E-state index in [0.29, 0.717) is 31.0 Å². The van der Waals surface area contributed by atoms with Crippen molar-refractivity contribution in [3.05, 3.63) is 35.4 Å². The Morgan fingerprint density at radius 1 is 1.13 bits per heavy atom. The molecular formula is C25H36O5. The summed E-state index contributed by atoms with van der Waals surface area (Å²) in [5.41, 5.74) is 2.05. The highest BCUT2D eigenvalue weighted by Gasteiger charge is 2.33. The number of unbranched alkanes of at least 4 members (excludes halogenated alkanes) is 3. The van der Waals surface area contributed by atoms with Gasteiger partial charge in [0, 0.05) is 31.4 Å². The first-order valence-electron chi connectivity index (χ1n) is 10.9. The molecule has 3 atom stereocenters. The number of aliphatic hydroxyl groups excluding tert-OH is 2. The number of rotatable bonds is 10. The van der Waals surface area contributed by atoms with Gasteiger partial charge in [-0.2, -0.15) is 0 Å². The number of carbonyl (C=O) groups is 2. The standard InChI is InChI=1S/C24H32O4.CH4O/c1-18-8-6-7-9-19(18)12-15-21(25)16-13-20-14-17-23(26)22(20)10-4-2-3-5-11-24(27)28;1-2/h6-9,20-22,25H,2-5,10-11,13-14,16-17H2,1H3,(H,27,28);2H,1H3/t20-,21?,22+;/m0./s1. The third-order valence-corrected chi connectivity index (χ3v) is 5.73. The second-order valence-corrected chi connectivity index (χ2v) is 7.90. The Labute approximate surface area is 180 Å². The number of aliphatic hydroxyl groups is 2. The zero-order valence-electron chi connectivity index (χ0n) is 18.3. The van der Waals surface area contributed by atoms with Crippen LogP contribution in [0, 0.1) is 30.6 Å². The maximum atomic E-state index is 12.2. The van der Waals surface area contributed by atoms with Crippen LogP contribution < -0.4 is 0 Å². The van der Waals surface area contributed by atoms with Crippen molar-refractivity contribution in [3.63, 3.8) is 0 Å². The molecule has 0 aliphatic heterocycles. The molecule has 1 fully saturated rings. The van der Waals surface area contributed by atoms with Crippen LogP contribution in [0.25, 0.3) is 0 Å². The van der Waals surface area contributed by atoms with Crippen LogP contribution in [-0.2, 0) is 9.59 Å². The minimum Gasteiger partial charge on any atom is -0.481 e. The third kappa shape index (κ3) is 9.56. The zero-order valence-corrected chi connectivity index (χ0v) is 18.3. The average molecular weight is 417 g/mol. The molecule has 0 aromatic heterocycles. The van der Waals surface area contributed by atoms with E-state index < -0.39 is 12.1 Å². The van der Waals surface area contributed by atoms with Crippen molar-refractivity contribution in [2.75, 3.05) is 7.11 Å². The van der Waals surface area contributed by atoms with Gasteiger partial charge in [-0.25, -0.2) is 0 Å². The Hall–Kier alpha value is -2.16. The third-order valence-electron chi connectivity index (χ3n) is 5.73. The molecule has 0 amide bonds. The van der Waals surface area contributed by atoms with Crippen molar-refractivity contribution in [2.45, 2.75) is 77.2 Å². The number of hydrogen-bond donors (Lipinski definition) is 3. The molecule has 0 spiro atoms. The van der Waals surface area contributed by atoms with Crippen LogP contribution in [0.5, 0.6) is 0 Å². The van der Waals surface area contributed by atoms with Crippen LogP contribution in [0.15, 0.2) is 24.3 Å². The Morgan fingerprint density at radius 2 is 1.83 bits per heavy atom. The molecule has 3 N–H and O–H groups in total. The summed E-state index contributed by atoms with van der Waals surface area (Å²) in [6.45, 7) is 2.01. The average Bonchev–Trinajstić information content (AvgIpc) is 3.09. The van der Waals surface area contributed by atoms with Crippen LogP contribution in [0.1, 0.15) is 75.3 Å². The number of Topliss-reactive ketones (excluding diaryl/α,β-unsaturated/α-hetero) is 1. The maximum Gasteiger partial charge on any atom is 0.303 e. The number of carboxylic acids is 1. The maximum absolute atomic E-state index is 12.2. The van der Waals surface area contributed by atoms with Crippen molar-refractivity contribution in [1.82, 2.24) is 0 Å². The van der Waals surface area contributed by atoms with Gasteiger partial charge in [-0.3, -0.25) is 9.59 Å². The molecular weight excluding hydrogens is 380 g/mol. The summed E-state index contributed by atoms with van der Waals surface area (Å²) in [6, 6.07) is 7.88. The van der Waals surface area contributed by atoms with Crippen molar-refractivity contribution >= 4 is 11.8 Å². The number of benzene rings is 1.